The maximum absolute atomic E-state index is 13.5. The van der Waals surface area contributed by atoms with Gasteiger partial charge in [0.05, 0.1) is 12.6 Å². The Morgan fingerprint density at radius 1 is 1.24 bits per heavy atom. The van der Waals surface area contributed by atoms with Crippen molar-refractivity contribution >= 4 is 5.69 Å². The third-order valence-corrected chi connectivity index (χ3v) is 3.91. The summed E-state index contributed by atoms with van der Waals surface area (Å²) >= 11 is 0. The van der Waals surface area contributed by atoms with Crippen LogP contribution in [0, 0.1) is 12.7 Å². The van der Waals surface area contributed by atoms with Gasteiger partial charge in [0.1, 0.15) is 11.6 Å². The van der Waals surface area contributed by atoms with Gasteiger partial charge in [-0.15, -0.1) is 0 Å². The van der Waals surface area contributed by atoms with Crippen LogP contribution < -0.4 is 10.1 Å². The molecule has 0 radical (unpaired) electrons. The number of fused-ring (bicyclic) bond motifs is 1. The van der Waals surface area contributed by atoms with E-state index in [-0.39, 0.29) is 11.9 Å². The lowest BCUT2D eigenvalue weighted by molar-refractivity contribution is 0.357. The summed E-state index contributed by atoms with van der Waals surface area (Å²) in [7, 11) is 0. The smallest absolute Gasteiger partial charge is 0.125 e. The largest absolute Gasteiger partial charge is 0.493 e. The van der Waals surface area contributed by atoms with Gasteiger partial charge in [-0.2, -0.15) is 0 Å². The van der Waals surface area contributed by atoms with Crippen molar-refractivity contribution in [1.29, 1.82) is 0 Å². The van der Waals surface area contributed by atoms with Gasteiger partial charge in [0.25, 0.3) is 0 Å². The van der Waals surface area contributed by atoms with E-state index in [1.165, 1.54) is 11.1 Å². The van der Waals surface area contributed by atoms with Crippen molar-refractivity contribution < 1.29 is 9.13 Å². The van der Waals surface area contributed by atoms with Crippen LogP contribution in [0.5, 0.6) is 5.75 Å². The normalized spacial score (nSPS) is 14.4. The molecule has 0 spiro atoms. The predicted octanol–water partition coefficient (Wildman–Crippen LogP) is 4.63. The number of rotatable bonds is 4. The van der Waals surface area contributed by atoms with E-state index in [9.17, 15) is 4.39 Å². The van der Waals surface area contributed by atoms with Crippen molar-refractivity contribution in [3.63, 3.8) is 0 Å². The van der Waals surface area contributed by atoms with E-state index < -0.39 is 0 Å². The fourth-order valence-electron chi connectivity index (χ4n) is 2.87. The van der Waals surface area contributed by atoms with Gasteiger partial charge < -0.3 is 10.1 Å². The first-order valence-corrected chi connectivity index (χ1v) is 7.45. The van der Waals surface area contributed by atoms with Crippen molar-refractivity contribution in [3.05, 3.63) is 58.9 Å². The number of benzene rings is 2. The summed E-state index contributed by atoms with van der Waals surface area (Å²) in [6, 6.07) is 11.6. The van der Waals surface area contributed by atoms with Crippen molar-refractivity contribution in [2.75, 3.05) is 11.9 Å². The van der Waals surface area contributed by atoms with Gasteiger partial charge in [0.15, 0.2) is 0 Å². The molecule has 0 aliphatic carbocycles. The topological polar surface area (TPSA) is 21.3 Å². The molecule has 0 saturated carbocycles. The molecule has 1 aliphatic rings. The van der Waals surface area contributed by atoms with E-state index in [0.717, 1.165) is 36.4 Å². The third kappa shape index (κ3) is 3.02. The number of hydrogen-bond donors (Lipinski definition) is 1. The summed E-state index contributed by atoms with van der Waals surface area (Å²) in [5.41, 5.74) is 4.25. The Hall–Kier alpha value is -2.03. The van der Waals surface area contributed by atoms with E-state index in [1.807, 2.05) is 19.1 Å². The van der Waals surface area contributed by atoms with Gasteiger partial charge in [-0.25, -0.2) is 4.39 Å². The Morgan fingerprint density at radius 2 is 2.10 bits per heavy atom. The minimum absolute atomic E-state index is 0.178. The highest BCUT2D eigenvalue weighted by Crippen LogP contribution is 2.31. The summed E-state index contributed by atoms with van der Waals surface area (Å²) in [5.74, 6) is 0.796. The van der Waals surface area contributed by atoms with Crippen LogP contribution >= 0.6 is 0 Å². The molecule has 1 unspecified atom stereocenters. The van der Waals surface area contributed by atoms with Gasteiger partial charge in [-0.05, 0) is 60.4 Å². The Bertz CT molecular complexity index is 633. The number of halogens is 1. The molecule has 1 heterocycles. The fraction of sp³-hybridized carbons (Fsp3) is 0.333. The van der Waals surface area contributed by atoms with Crippen molar-refractivity contribution in [2.45, 2.75) is 32.7 Å². The van der Waals surface area contributed by atoms with Gasteiger partial charge in [-0.3, -0.25) is 0 Å². The molecule has 1 atom stereocenters. The van der Waals surface area contributed by atoms with Gasteiger partial charge in [0.2, 0.25) is 0 Å². The molecule has 2 nitrogen and oxygen atoms in total. The standard InChI is InChI=1S/C18H20FNO/c1-3-17(20-16-9-12(2)8-15(19)11-16)13-4-5-18-14(10-13)6-7-21-18/h4-5,8-11,17,20H,3,6-7H2,1-2H3. The Morgan fingerprint density at radius 3 is 2.86 bits per heavy atom. The highest BCUT2D eigenvalue weighted by atomic mass is 19.1. The molecule has 0 aromatic heterocycles. The lowest BCUT2D eigenvalue weighted by atomic mass is 10.0. The maximum atomic E-state index is 13.5. The second-order valence-electron chi connectivity index (χ2n) is 5.59. The summed E-state index contributed by atoms with van der Waals surface area (Å²) in [6.07, 6.45) is 1.91. The average molecular weight is 285 g/mol. The second-order valence-corrected chi connectivity index (χ2v) is 5.59. The molecule has 3 rings (SSSR count). The Balaban J connectivity index is 1.84. The van der Waals surface area contributed by atoms with E-state index >= 15 is 0 Å². The Kier molecular flexibility index (Phi) is 3.82. The lowest BCUT2D eigenvalue weighted by Gasteiger charge is -2.20. The first-order valence-electron chi connectivity index (χ1n) is 7.45. The molecule has 1 aliphatic heterocycles. The molecule has 110 valence electrons. The van der Waals surface area contributed by atoms with E-state index in [0.29, 0.717) is 0 Å². The van der Waals surface area contributed by atoms with Crippen LogP contribution in [0.1, 0.15) is 36.1 Å². The van der Waals surface area contributed by atoms with Gasteiger partial charge >= 0.3 is 0 Å². The highest BCUT2D eigenvalue weighted by Gasteiger charge is 2.16. The molecule has 2 aromatic carbocycles. The average Bonchev–Trinajstić information content (AvgIpc) is 2.91. The number of anilines is 1. The highest BCUT2D eigenvalue weighted by molar-refractivity contribution is 5.49. The van der Waals surface area contributed by atoms with Crippen molar-refractivity contribution in [1.82, 2.24) is 0 Å². The zero-order chi connectivity index (χ0) is 14.8. The summed E-state index contributed by atoms with van der Waals surface area (Å²) in [4.78, 5) is 0. The predicted molar refractivity (Wildman–Crippen MR) is 83.4 cm³/mol. The van der Waals surface area contributed by atoms with Crippen LogP contribution in [0.4, 0.5) is 10.1 Å². The van der Waals surface area contributed by atoms with Gasteiger partial charge in [0, 0.05) is 12.1 Å². The number of hydrogen-bond acceptors (Lipinski definition) is 2. The van der Waals surface area contributed by atoms with Crippen molar-refractivity contribution in [3.8, 4) is 5.75 Å². The van der Waals surface area contributed by atoms with Crippen LogP contribution in [0.15, 0.2) is 36.4 Å². The number of aryl methyl sites for hydroxylation is 1. The van der Waals surface area contributed by atoms with Crippen LogP contribution in [0.25, 0.3) is 0 Å². The third-order valence-electron chi connectivity index (χ3n) is 3.91. The zero-order valence-electron chi connectivity index (χ0n) is 12.4. The molecule has 0 bridgehead atoms. The van der Waals surface area contributed by atoms with E-state index in [2.05, 4.69) is 24.4 Å². The molecule has 0 amide bonds. The summed E-state index contributed by atoms with van der Waals surface area (Å²) in [5, 5.41) is 3.44. The second kappa shape index (κ2) is 5.76. The van der Waals surface area contributed by atoms with Crippen LogP contribution in [0.3, 0.4) is 0 Å². The SMILES string of the molecule is CCC(Nc1cc(C)cc(F)c1)c1ccc2c(c1)CCO2. The molecular weight excluding hydrogens is 265 g/mol. The molecule has 3 heteroatoms. The minimum Gasteiger partial charge on any atom is -0.493 e. The molecule has 21 heavy (non-hydrogen) atoms. The molecule has 0 fully saturated rings. The molecule has 0 saturated heterocycles. The van der Waals surface area contributed by atoms with E-state index in [1.54, 1.807) is 12.1 Å². The van der Waals surface area contributed by atoms with Crippen LogP contribution in [-0.2, 0) is 6.42 Å². The first-order chi connectivity index (χ1) is 10.2. The summed E-state index contributed by atoms with van der Waals surface area (Å²) < 4.78 is 19.1. The fourth-order valence-corrected chi connectivity index (χ4v) is 2.87. The van der Waals surface area contributed by atoms with Crippen LogP contribution in [0.2, 0.25) is 0 Å². The first kappa shape index (κ1) is 13.9. The molecular formula is C18H20FNO. The van der Waals surface area contributed by atoms with Gasteiger partial charge in [-0.1, -0.05) is 13.0 Å². The summed E-state index contributed by atoms with van der Waals surface area (Å²) in [6.45, 7) is 4.81. The number of ether oxygens (including phenoxy) is 1. The quantitative estimate of drug-likeness (QED) is 0.884. The Labute approximate surface area is 125 Å². The minimum atomic E-state index is -0.199. The van der Waals surface area contributed by atoms with Crippen molar-refractivity contribution in [2.24, 2.45) is 0 Å². The monoisotopic (exact) mass is 285 g/mol. The molecule has 2 aromatic rings. The number of nitrogens with one attached hydrogen (secondary N) is 1. The maximum Gasteiger partial charge on any atom is 0.125 e. The van der Waals surface area contributed by atoms with E-state index in [4.69, 9.17) is 4.74 Å². The molecule has 1 N–H and O–H groups in total. The zero-order valence-corrected chi connectivity index (χ0v) is 12.4. The lowest BCUT2D eigenvalue weighted by Crippen LogP contribution is -2.10. The van der Waals surface area contributed by atoms with Crippen LogP contribution in [-0.4, -0.2) is 6.61 Å².